The van der Waals surface area contributed by atoms with Crippen molar-refractivity contribution in [2.24, 2.45) is 5.73 Å². The van der Waals surface area contributed by atoms with Crippen LogP contribution in [0.25, 0.3) is 10.1 Å². The molecule has 0 aliphatic carbocycles. The van der Waals surface area contributed by atoms with E-state index in [1.807, 2.05) is 12.1 Å². The van der Waals surface area contributed by atoms with Gasteiger partial charge in [0.25, 0.3) is 5.91 Å². The van der Waals surface area contributed by atoms with Gasteiger partial charge in [-0.2, -0.15) is 0 Å². The molecule has 0 saturated carbocycles. The summed E-state index contributed by atoms with van der Waals surface area (Å²) in [6.07, 6.45) is 1.39. The highest BCUT2D eigenvalue weighted by Gasteiger charge is 2.16. The molecule has 4 rings (SSSR count). The molecule has 158 valence electrons. The van der Waals surface area contributed by atoms with E-state index >= 15 is 0 Å². The smallest absolute Gasteiger partial charge is 0.268 e. The Morgan fingerprint density at radius 2 is 2.03 bits per heavy atom. The van der Waals surface area contributed by atoms with Gasteiger partial charge in [0.05, 0.1) is 12.2 Å². The van der Waals surface area contributed by atoms with Crippen LogP contribution in [0.2, 0.25) is 0 Å². The maximum atomic E-state index is 13.4. The molecule has 2 aromatic carbocycles. The molecular formula is C22H18ClFN4O2S. The third kappa shape index (κ3) is 5.16. The van der Waals surface area contributed by atoms with Gasteiger partial charge in [0.1, 0.15) is 18.8 Å². The Bertz CT molecular complexity index is 1230. The van der Waals surface area contributed by atoms with Crippen molar-refractivity contribution in [3.8, 4) is 5.88 Å². The van der Waals surface area contributed by atoms with Crippen LogP contribution in [0.5, 0.6) is 5.88 Å². The number of nitrogens with two attached hydrogens (primary N) is 1. The van der Waals surface area contributed by atoms with Gasteiger partial charge in [-0.3, -0.25) is 4.79 Å². The van der Waals surface area contributed by atoms with Crippen molar-refractivity contribution in [2.45, 2.75) is 19.7 Å². The summed E-state index contributed by atoms with van der Waals surface area (Å²) in [6, 6.07) is 15.1. The second-order valence-electron chi connectivity index (χ2n) is 6.76. The van der Waals surface area contributed by atoms with Gasteiger partial charge < -0.3 is 10.5 Å². The second kappa shape index (κ2) is 9.38. The number of thiophene rings is 1. The van der Waals surface area contributed by atoms with Crippen molar-refractivity contribution in [3.05, 3.63) is 88.4 Å². The van der Waals surface area contributed by atoms with E-state index in [4.69, 9.17) is 22.2 Å². The van der Waals surface area contributed by atoms with E-state index in [1.165, 1.54) is 29.8 Å². The summed E-state index contributed by atoms with van der Waals surface area (Å²) >= 11 is 7.75. The number of fused-ring (bicyclic) bond motifs is 1. The van der Waals surface area contributed by atoms with Crippen LogP contribution in [0.4, 0.5) is 4.39 Å². The molecular weight excluding hydrogens is 439 g/mol. The van der Waals surface area contributed by atoms with Crippen molar-refractivity contribution in [2.75, 3.05) is 0 Å². The van der Waals surface area contributed by atoms with E-state index in [-0.39, 0.29) is 24.9 Å². The third-order valence-electron chi connectivity index (χ3n) is 4.51. The van der Waals surface area contributed by atoms with Gasteiger partial charge in [-0.15, -0.1) is 11.3 Å². The van der Waals surface area contributed by atoms with Gasteiger partial charge >= 0.3 is 0 Å². The first-order valence-electron chi connectivity index (χ1n) is 9.40. The summed E-state index contributed by atoms with van der Waals surface area (Å²) in [5.74, 6) is -0.220. The van der Waals surface area contributed by atoms with Gasteiger partial charge in [-0.1, -0.05) is 12.1 Å². The average molecular weight is 457 g/mol. The fourth-order valence-corrected chi connectivity index (χ4v) is 4.35. The molecule has 0 fully saturated rings. The Morgan fingerprint density at radius 3 is 2.87 bits per heavy atom. The second-order valence-corrected chi connectivity index (χ2v) is 8.34. The first-order valence-corrected chi connectivity index (χ1v) is 10.6. The summed E-state index contributed by atoms with van der Waals surface area (Å²) in [5.41, 5.74) is 7.48. The molecule has 0 bridgehead atoms. The average Bonchev–Trinajstić information content (AvgIpc) is 3.18. The van der Waals surface area contributed by atoms with Crippen LogP contribution in [-0.2, 0) is 19.7 Å². The Balaban J connectivity index is 1.42. The molecule has 2 aromatic heterocycles. The summed E-state index contributed by atoms with van der Waals surface area (Å²) < 4.78 is 21.1. The fraction of sp³-hybridized carbons (Fsp3) is 0.136. The number of hydrogen-bond acceptors (Lipinski definition) is 6. The van der Waals surface area contributed by atoms with Crippen LogP contribution >= 0.6 is 23.1 Å². The van der Waals surface area contributed by atoms with E-state index < -0.39 is 0 Å². The van der Waals surface area contributed by atoms with Crippen LogP contribution in [0.1, 0.15) is 26.5 Å². The molecule has 0 unspecified atom stereocenters. The highest BCUT2D eigenvalue weighted by Crippen LogP contribution is 2.28. The lowest BCUT2D eigenvalue weighted by molar-refractivity contribution is 0.0858. The minimum absolute atomic E-state index is 0.213. The Labute approximate surface area is 187 Å². The predicted molar refractivity (Wildman–Crippen MR) is 118 cm³/mol. The number of carbonyl (C=O) groups is 1. The Kier molecular flexibility index (Phi) is 6.41. The molecule has 31 heavy (non-hydrogen) atoms. The molecule has 0 aliphatic rings. The van der Waals surface area contributed by atoms with E-state index in [0.29, 0.717) is 23.7 Å². The molecule has 1 amide bonds. The summed E-state index contributed by atoms with van der Waals surface area (Å²) in [6.45, 7) is 0.736. The van der Waals surface area contributed by atoms with Crippen LogP contribution in [0.15, 0.2) is 60.9 Å². The molecule has 0 atom stereocenters. The quantitative estimate of drug-likeness (QED) is 0.409. The highest BCUT2D eigenvalue weighted by atomic mass is 35.5. The van der Waals surface area contributed by atoms with Crippen LogP contribution in [0.3, 0.4) is 0 Å². The number of aromatic nitrogens is 2. The fourth-order valence-electron chi connectivity index (χ4n) is 3.01. The third-order valence-corrected chi connectivity index (χ3v) is 5.89. The van der Waals surface area contributed by atoms with Crippen molar-refractivity contribution < 1.29 is 13.9 Å². The molecule has 2 heterocycles. The first kappa shape index (κ1) is 21.2. The SMILES string of the molecule is NCc1cc(OCc2cccc(C(=O)N(Cl)Cc3cc4cc(F)ccc4s3)c2)ncn1. The predicted octanol–water partition coefficient (Wildman–Crippen LogP) is 4.66. The molecule has 2 N–H and O–H groups in total. The summed E-state index contributed by atoms with van der Waals surface area (Å²) in [7, 11) is 0. The molecule has 4 aromatic rings. The van der Waals surface area contributed by atoms with Gasteiger partial charge in [0.2, 0.25) is 5.88 Å². The lowest BCUT2D eigenvalue weighted by atomic mass is 10.1. The zero-order chi connectivity index (χ0) is 21.8. The lowest BCUT2D eigenvalue weighted by Crippen LogP contribution is -2.20. The number of benzene rings is 2. The number of rotatable bonds is 7. The largest absolute Gasteiger partial charge is 0.473 e. The maximum absolute atomic E-state index is 13.4. The van der Waals surface area contributed by atoms with E-state index in [2.05, 4.69) is 9.97 Å². The van der Waals surface area contributed by atoms with Gasteiger partial charge in [0.15, 0.2) is 0 Å². The number of hydrogen-bond donors (Lipinski definition) is 1. The number of nitrogens with zero attached hydrogens (tertiary/aromatic N) is 3. The highest BCUT2D eigenvalue weighted by molar-refractivity contribution is 7.19. The van der Waals surface area contributed by atoms with Crippen LogP contribution < -0.4 is 10.5 Å². The Morgan fingerprint density at radius 1 is 1.16 bits per heavy atom. The van der Waals surface area contributed by atoms with Crippen molar-refractivity contribution in [1.82, 2.24) is 14.4 Å². The molecule has 0 radical (unpaired) electrons. The van der Waals surface area contributed by atoms with Crippen molar-refractivity contribution in [3.63, 3.8) is 0 Å². The molecule has 6 nitrogen and oxygen atoms in total. The number of amides is 1. The minimum atomic E-state index is -0.334. The topological polar surface area (TPSA) is 81.3 Å². The molecule has 0 aliphatic heterocycles. The molecule has 0 spiro atoms. The van der Waals surface area contributed by atoms with E-state index in [1.54, 1.807) is 30.3 Å². The number of halogens is 2. The summed E-state index contributed by atoms with van der Waals surface area (Å²) in [4.78, 5) is 21.7. The molecule has 9 heteroatoms. The Hall–Kier alpha value is -3.07. The van der Waals surface area contributed by atoms with E-state index in [9.17, 15) is 9.18 Å². The van der Waals surface area contributed by atoms with Crippen molar-refractivity contribution in [1.29, 1.82) is 0 Å². The van der Waals surface area contributed by atoms with Crippen LogP contribution in [0, 0.1) is 5.82 Å². The van der Waals surface area contributed by atoms with Crippen molar-refractivity contribution >= 4 is 39.1 Å². The number of ether oxygens (including phenoxy) is 1. The first-order chi connectivity index (χ1) is 15.0. The normalized spacial score (nSPS) is 10.9. The standard InChI is InChI=1S/C22H18ClFN4O2S/c23-28(11-19-8-16-7-17(24)4-5-20(16)31-19)22(29)15-3-1-2-14(6-15)12-30-21-9-18(10-25)26-13-27-21/h1-9,13H,10-12,25H2. The molecule has 0 saturated heterocycles. The maximum Gasteiger partial charge on any atom is 0.268 e. The van der Waals surface area contributed by atoms with Gasteiger partial charge in [0, 0.05) is 39.5 Å². The van der Waals surface area contributed by atoms with E-state index in [0.717, 1.165) is 24.9 Å². The van der Waals surface area contributed by atoms with Gasteiger partial charge in [-0.25, -0.2) is 18.8 Å². The zero-order valence-electron chi connectivity index (χ0n) is 16.3. The summed E-state index contributed by atoms with van der Waals surface area (Å²) in [5, 5.41) is 0.791. The number of carbonyl (C=O) groups excluding carboxylic acids is 1. The minimum Gasteiger partial charge on any atom is -0.473 e. The van der Waals surface area contributed by atoms with Gasteiger partial charge in [-0.05, 0) is 47.3 Å². The lowest BCUT2D eigenvalue weighted by Gasteiger charge is -2.14. The zero-order valence-corrected chi connectivity index (χ0v) is 17.9. The van der Waals surface area contributed by atoms with Crippen LogP contribution in [-0.4, -0.2) is 20.3 Å². The monoisotopic (exact) mass is 456 g/mol.